The maximum atomic E-state index is 14.3. The number of benzene rings is 1. The Kier molecular flexibility index (Phi) is 6.63. The molecule has 11 heteroatoms. The van der Waals surface area contributed by atoms with Crippen LogP contribution in [0.4, 0.5) is 20.5 Å². The van der Waals surface area contributed by atoms with Crippen molar-refractivity contribution >= 4 is 17.7 Å². The molecule has 0 unspecified atom stereocenters. The molecule has 164 valence electrons. The van der Waals surface area contributed by atoms with E-state index in [0.717, 1.165) is 0 Å². The molecule has 0 atom stereocenters. The standard InChI is InChI=1S/C20H21F2N5O4/c1-5-30-19(28)14-7-16(26-27(14)3)25-20-23-8-12(9-24-20)31-10-13-17(21)11(2)6-15(29-4)18(13)22/h6-9H,5,10H2,1-4H3,(H,23,24,25,26). The van der Waals surface area contributed by atoms with E-state index in [1.165, 1.54) is 43.2 Å². The first-order valence-electron chi connectivity index (χ1n) is 9.28. The van der Waals surface area contributed by atoms with E-state index in [4.69, 9.17) is 14.2 Å². The van der Waals surface area contributed by atoms with Gasteiger partial charge >= 0.3 is 5.97 Å². The van der Waals surface area contributed by atoms with Crippen molar-refractivity contribution in [1.29, 1.82) is 0 Å². The van der Waals surface area contributed by atoms with Crippen molar-refractivity contribution < 1.29 is 27.8 Å². The zero-order chi connectivity index (χ0) is 22.5. The van der Waals surface area contributed by atoms with Crippen molar-refractivity contribution in [3.05, 3.63) is 53.0 Å². The van der Waals surface area contributed by atoms with E-state index in [9.17, 15) is 13.6 Å². The van der Waals surface area contributed by atoms with E-state index in [2.05, 4.69) is 20.4 Å². The number of hydrogen-bond donors (Lipinski definition) is 1. The first-order chi connectivity index (χ1) is 14.8. The lowest BCUT2D eigenvalue weighted by molar-refractivity contribution is 0.0513. The summed E-state index contributed by atoms with van der Waals surface area (Å²) in [6, 6.07) is 2.78. The number of methoxy groups -OCH3 is 1. The summed E-state index contributed by atoms with van der Waals surface area (Å²) in [5.41, 5.74) is 0.256. The highest BCUT2D eigenvalue weighted by Crippen LogP contribution is 2.27. The van der Waals surface area contributed by atoms with Crippen LogP contribution in [0.3, 0.4) is 0 Å². The van der Waals surface area contributed by atoms with Crippen molar-refractivity contribution in [1.82, 2.24) is 19.7 Å². The topological polar surface area (TPSA) is 100 Å². The molecule has 0 radical (unpaired) electrons. The number of hydrogen-bond acceptors (Lipinski definition) is 8. The number of rotatable bonds is 8. The molecule has 2 heterocycles. The van der Waals surface area contributed by atoms with Gasteiger partial charge in [0.2, 0.25) is 5.95 Å². The average molecular weight is 433 g/mol. The fraction of sp³-hybridized carbons (Fsp3) is 0.300. The Bertz CT molecular complexity index is 1090. The van der Waals surface area contributed by atoms with Crippen LogP contribution >= 0.6 is 0 Å². The third-order valence-corrected chi connectivity index (χ3v) is 4.28. The summed E-state index contributed by atoms with van der Waals surface area (Å²) in [6.45, 7) is 3.11. The van der Waals surface area contributed by atoms with Crippen LogP contribution in [-0.2, 0) is 18.4 Å². The van der Waals surface area contributed by atoms with Gasteiger partial charge < -0.3 is 19.5 Å². The first kappa shape index (κ1) is 21.9. The summed E-state index contributed by atoms with van der Waals surface area (Å²) in [4.78, 5) is 20.0. The van der Waals surface area contributed by atoms with Crippen molar-refractivity contribution in [2.24, 2.45) is 7.05 Å². The molecule has 1 N–H and O–H groups in total. The fourth-order valence-corrected chi connectivity index (χ4v) is 2.73. The highest BCUT2D eigenvalue weighted by atomic mass is 19.1. The second-order valence-corrected chi connectivity index (χ2v) is 6.42. The number of nitrogens with zero attached hydrogens (tertiary/aromatic N) is 4. The van der Waals surface area contributed by atoms with Gasteiger partial charge in [0.1, 0.15) is 18.1 Å². The lowest BCUT2D eigenvalue weighted by Gasteiger charge is -2.12. The van der Waals surface area contributed by atoms with Crippen molar-refractivity contribution in [3.63, 3.8) is 0 Å². The predicted octanol–water partition coefficient (Wildman–Crippen LogP) is 3.30. The van der Waals surface area contributed by atoms with Gasteiger partial charge in [-0.25, -0.2) is 23.5 Å². The van der Waals surface area contributed by atoms with Crippen LogP contribution in [0.5, 0.6) is 11.5 Å². The van der Waals surface area contributed by atoms with Crippen LogP contribution in [-0.4, -0.2) is 39.4 Å². The molecule has 0 aliphatic rings. The third kappa shape index (κ3) is 4.87. The summed E-state index contributed by atoms with van der Waals surface area (Å²) in [5.74, 6) is -1.35. The summed E-state index contributed by atoms with van der Waals surface area (Å²) >= 11 is 0. The monoisotopic (exact) mass is 433 g/mol. The number of aryl methyl sites for hydroxylation is 2. The van der Waals surface area contributed by atoms with E-state index in [1.807, 2.05) is 0 Å². The molecule has 0 spiro atoms. The first-order valence-corrected chi connectivity index (χ1v) is 9.28. The Morgan fingerprint density at radius 2 is 1.90 bits per heavy atom. The van der Waals surface area contributed by atoms with Crippen LogP contribution in [0.25, 0.3) is 0 Å². The highest BCUT2D eigenvalue weighted by molar-refractivity contribution is 5.88. The maximum Gasteiger partial charge on any atom is 0.356 e. The van der Waals surface area contributed by atoms with Gasteiger partial charge in [0.25, 0.3) is 0 Å². The normalized spacial score (nSPS) is 10.6. The third-order valence-electron chi connectivity index (χ3n) is 4.28. The number of carbonyl (C=O) groups excluding carboxylic acids is 1. The predicted molar refractivity (Wildman–Crippen MR) is 106 cm³/mol. The van der Waals surface area contributed by atoms with E-state index >= 15 is 0 Å². The molecule has 0 bridgehead atoms. The fourth-order valence-electron chi connectivity index (χ4n) is 2.73. The molecule has 2 aromatic heterocycles. The van der Waals surface area contributed by atoms with Crippen molar-refractivity contribution in [2.45, 2.75) is 20.5 Å². The van der Waals surface area contributed by atoms with Gasteiger partial charge in [0, 0.05) is 13.1 Å². The van der Waals surface area contributed by atoms with Crippen molar-refractivity contribution in [3.8, 4) is 11.5 Å². The van der Waals surface area contributed by atoms with Gasteiger partial charge in [-0.15, -0.1) is 0 Å². The summed E-state index contributed by atoms with van der Waals surface area (Å²) in [6.07, 6.45) is 2.68. The van der Waals surface area contributed by atoms with Crippen LogP contribution < -0.4 is 14.8 Å². The summed E-state index contributed by atoms with van der Waals surface area (Å²) in [7, 11) is 2.91. The van der Waals surface area contributed by atoms with Gasteiger partial charge in [-0.3, -0.25) is 4.68 Å². The van der Waals surface area contributed by atoms with Gasteiger partial charge in [-0.05, 0) is 25.5 Å². The molecular formula is C20H21F2N5O4. The second-order valence-electron chi connectivity index (χ2n) is 6.42. The highest BCUT2D eigenvalue weighted by Gasteiger charge is 2.18. The molecule has 0 aliphatic heterocycles. The van der Waals surface area contributed by atoms with E-state index < -0.39 is 17.6 Å². The number of esters is 1. The number of ether oxygens (including phenoxy) is 3. The van der Waals surface area contributed by atoms with E-state index in [1.54, 1.807) is 14.0 Å². The quantitative estimate of drug-likeness (QED) is 0.540. The van der Waals surface area contributed by atoms with E-state index in [-0.39, 0.29) is 47.5 Å². The second kappa shape index (κ2) is 9.37. The lowest BCUT2D eigenvalue weighted by Crippen LogP contribution is -2.10. The number of anilines is 2. The zero-order valence-corrected chi connectivity index (χ0v) is 17.4. The Balaban J connectivity index is 1.67. The SMILES string of the molecule is CCOC(=O)c1cc(Nc2ncc(OCc3c(F)c(C)cc(OC)c3F)cn2)nn1C. The van der Waals surface area contributed by atoms with E-state index in [0.29, 0.717) is 5.82 Å². The van der Waals surface area contributed by atoms with Gasteiger partial charge in [0.15, 0.2) is 23.1 Å². The number of aromatic nitrogens is 4. The Labute approximate surface area is 177 Å². The van der Waals surface area contributed by atoms with Gasteiger partial charge in [0.05, 0.1) is 31.7 Å². The maximum absolute atomic E-state index is 14.3. The Hall–Kier alpha value is -3.76. The minimum absolute atomic E-state index is 0.0640. The molecule has 31 heavy (non-hydrogen) atoms. The van der Waals surface area contributed by atoms with Crippen LogP contribution in [0.1, 0.15) is 28.5 Å². The lowest BCUT2D eigenvalue weighted by atomic mass is 10.1. The Morgan fingerprint density at radius 3 is 2.55 bits per heavy atom. The zero-order valence-electron chi connectivity index (χ0n) is 17.4. The Morgan fingerprint density at radius 1 is 1.19 bits per heavy atom. The molecule has 3 aromatic rings. The number of halogens is 2. The van der Waals surface area contributed by atoms with Gasteiger partial charge in [-0.1, -0.05) is 0 Å². The molecule has 9 nitrogen and oxygen atoms in total. The van der Waals surface area contributed by atoms with Gasteiger partial charge in [-0.2, -0.15) is 5.10 Å². The summed E-state index contributed by atoms with van der Waals surface area (Å²) < 4.78 is 45.3. The smallest absolute Gasteiger partial charge is 0.356 e. The molecule has 0 amide bonds. The van der Waals surface area contributed by atoms with Crippen LogP contribution in [0.15, 0.2) is 24.5 Å². The molecule has 3 rings (SSSR count). The minimum Gasteiger partial charge on any atom is -0.494 e. The molecule has 1 aromatic carbocycles. The largest absolute Gasteiger partial charge is 0.494 e. The number of carbonyl (C=O) groups is 1. The molecule has 0 fully saturated rings. The summed E-state index contributed by atoms with van der Waals surface area (Å²) in [5, 5.41) is 7.00. The molecule has 0 saturated carbocycles. The minimum atomic E-state index is -0.822. The number of nitrogens with one attached hydrogen (secondary N) is 1. The molecular weight excluding hydrogens is 412 g/mol. The molecule has 0 saturated heterocycles. The van der Waals surface area contributed by atoms with Crippen LogP contribution in [0, 0.1) is 18.6 Å². The van der Waals surface area contributed by atoms with Crippen molar-refractivity contribution in [2.75, 3.05) is 19.0 Å². The molecule has 0 aliphatic carbocycles. The van der Waals surface area contributed by atoms with Crippen LogP contribution in [0.2, 0.25) is 0 Å². The average Bonchev–Trinajstić information content (AvgIpc) is 3.12.